The average molecular weight is 414 g/mol. The first-order valence-electron chi connectivity index (χ1n) is 9.93. The van der Waals surface area contributed by atoms with Crippen molar-refractivity contribution < 1.29 is 14.4 Å². The second kappa shape index (κ2) is 9.22. The molecule has 1 heterocycles. The highest BCUT2D eigenvalue weighted by atomic mass is 32.1. The first-order chi connectivity index (χ1) is 13.8. The van der Waals surface area contributed by atoms with Crippen molar-refractivity contribution in [1.82, 2.24) is 16.2 Å². The Morgan fingerprint density at radius 3 is 2.52 bits per heavy atom. The average Bonchev–Trinajstić information content (AvgIpc) is 3.27. The number of rotatable bonds is 6. The van der Waals surface area contributed by atoms with Crippen molar-refractivity contribution in [2.45, 2.75) is 52.5 Å². The summed E-state index contributed by atoms with van der Waals surface area (Å²) in [6.07, 6.45) is 3.62. The third kappa shape index (κ3) is 5.23. The van der Waals surface area contributed by atoms with Gasteiger partial charge < -0.3 is 5.32 Å². The summed E-state index contributed by atoms with van der Waals surface area (Å²) in [6.45, 7) is 5.81. The van der Waals surface area contributed by atoms with Gasteiger partial charge in [0.15, 0.2) is 0 Å². The standard InChI is InChI=1S/C22H27N3O3S/c1-13(2)11-17(23-20(26)16-9-5-4-7-14(16)3)21(27)24-25-22(28)19-12-15-8-6-10-18(15)29-19/h4-5,7,9,12-13,17H,6,8,10-11H2,1-3H3,(H,23,26)(H,24,27)(H,25,28). The minimum Gasteiger partial charge on any atom is -0.340 e. The molecule has 1 aromatic carbocycles. The van der Waals surface area contributed by atoms with Crippen molar-refractivity contribution in [1.29, 1.82) is 0 Å². The summed E-state index contributed by atoms with van der Waals surface area (Å²) in [7, 11) is 0. The van der Waals surface area contributed by atoms with Crippen LogP contribution in [0.3, 0.4) is 0 Å². The largest absolute Gasteiger partial charge is 0.340 e. The van der Waals surface area contributed by atoms with Crippen LogP contribution in [0.25, 0.3) is 0 Å². The Kier molecular flexibility index (Phi) is 6.69. The number of carbonyl (C=O) groups is 3. The summed E-state index contributed by atoms with van der Waals surface area (Å²) >= 11 is 1.48. The van der Waals surface area contributed by atoms with Gasteiger partial charge in [-0.05, 0) is 61.8 Å². The summed E-state index contributed by atoms with van der Waals surface area (Å²) < 4.78 is 0. The number of amides is 3. The molecule has 1 aliphatic rings. The summed E-state index contributed by atoms with van der Waals surface area (Å²) in [5.41, 5.74) is 7.57. The zero-order chi connectivity index (χ0) is 21.0. The van der Waals surface area contributed by atoms with E-state index in [1.165, 1.54) is 21.8 Å². The number of thiophene rings is 1. The molecule has 0 aliphatic heterocycles. The molecular formula is C22H27N3O3S. The van der Waals surface area contributed by atoms with Gasteiger partial charge >= 0.3 is 0 Å². The van der Waals surface area contributed by atoms with Crippen molar-refractivity contribution in [3.63, 3.8) is 0 Å². The van der Waals surface area contributed by atoms with Crippen LogP contribution in [-0.4, -0.2) is 23.8 Å². The predicted molar refractivity (Wildman–Crippen MR) is 114 cm³/mol. The van der Waals surface area contributed by atoms with Crippen LogP contribution >= 0.6 is 11.3 Å². The third-order valence-electron chi connectivity index (χ3n) is 4.99. The number of carbonyl (C=O) groups excluding carboxylic acids is 3. The molecule has 7 heteroatoms. The Bertz CT molecular complexity index is 898. The quantitative estimate of drug-likeness (QED) is 0.636. The van der Waals surface area contributed by atoms with Crippen molar-refractivity contribution in [2.24, 2.45) is 5.92 Å². The van der Waals surface area contributed by atoms with Gasteiger partial charge in [-0.3, -0.25) is 25.2 Å². The molecule has 1 aromatic heterocycles. The van der Waals surface area contributed by atoms with Crippen LogP contribution in [0.5, 0.6) is 0 Å². The lowest BCUT2D eigenvalue weighted by molar-refractivity contribution is -0.124. The van der Waals surface area contributed by atoms with Crippen molar-refractivity contribution in [3.8, 4) is 0 Å². The van der Waals surface area contributed by atoms with Crippen molar-refractivity contribution in [3.05, 3.63) is 56.8 Å². The molecule has 6 nitrogen and oxygen atoms in total. The monoisotopic (exact) mass is 413 g/mol. The molecular weight excluding hydrogens is 386 g/mol. The Hall–Kier alpha value is -2.67. The zero-order valence-corrected chi connectivity index (χ0v) is 17.8. The Morgan fingerprint density at radius 1 is 1.07 bits per heavy atom. The molecule has 1 aliphatic carbocycles. The number of hydrogen-bond acceptors (Lipinski definition) is 4. The molecule has 3 N–H and O–H groups in total. The number of aryl methyl sites for hydroxylation is 3. The Morgan fingerprint density at radius 2 is 1.83 bits per heavy atom. The number of fused-ring (bicyclic) bond motifs is 1. The van der Waals surface area contributed by atoms with Crippen LogP contribution in [0.1, 0.15) is 62.7 Å². The van der Waals surface area contributed by atoms with E-state index in [1.54, 1.807) is 12.1 Å². The van der Waals surface area contributed by atoms with Gasteiger partial charge in [0, 0.05) is 10.4 Å². The second-order valence-corrected chi connectivity index (χ2v) is 8.96. The van der Waals surface area contributed by atoms with Crippen LogP contribution in [0, 0.1) is 12.8 Å². The van der Waals surface area contributed by atoms with Gasteiger partial charge in [0.1, 0.15) is 6.04 Å². The second-order valence-electron chi connectivity index (χ2n) is 7.83. The van der Waals surface area contributed by atoms with E-state index in [1.807, 2.05) is 39.0 Å². The normalized spacial score (nSPS) is 13.7. The summed E-state index contributed by atoms with van der Waals surface area (Å²) in [6, 6.07) is 8.40. The zero-order valence-electron chi connectivity index (χ0n) is 17.0. The fraction of sp³-hybridized carbons (Fsp3) is 0.409. The molecule has 2 aromatic rings. The van der Waals surface area contributed by atoms with Crippen LogP contribution in [0.2, 0.25) is 0 Å². The lowest BCUT2D eigenvalue weighted by atomic mass is 10.0. The van der Waals surface area contributed by atoms with Crippen LogP contribution in [0.4, 0.5) is 0 Å². The molecule has 1 unspecified atom stereocenters. The van der Waals surface area contributed by atoms with Crippen LogP contribution in [0.15, 0.2) is 30.3 Å². The lowest BCUT2D eigenvalue weighted by Crippen LogP contribution is -2.52. The van der Waals surface area contributed by atoms with Crippen LogP contribution in [-0.2, 0) is 17.6 Å². The molecule has 0 radical (unpaired) electrons. The van der Waals surface area contributed by atoms with E-state index in [9.17, 15) is 14.4 Å². The number of benzene rings is 1. The third-order valence-corrected chi connectivity index (χ3v) is 6.22. The Balaban J connectivity index is 1.61. The molecule has 0 fully saturated rings. The van der Waals surface area contributed by atoms with E-state index < -0.39 is 11.9 Å². The maximum atomic E-state index is 12.7. The van der Waals surface area contributed by atoms with Gasteiger partial charge in [0.25, 0.3) is 17.7 Å². The topological polar surface area (TPSA) is 87.3 Å². The highest BCUT2D eigenvalue weighted by Crippen LogP contribution is 2.30. The smallest absolute Gasteiger partial charge is 0.279 e. The maximum Gasteiger partial charge on any atom is 0.279 e. The van der Waals surface area contributed by atoms with E-state index >= 15 is 0 Å². The maximum absolute atomic E-state index is 12.7. The fourth-order valence-electron chi connectivity index (χ4n) is 3.47. The van der Waals surface area contributed by atoms with Gasteiger partial charge in [-0.15, -0.1) is 11.3 Å². The molecule has 3 rings (SSSR count). The van der Waals surface area contributed by atoms with E-state index in [0.29, 0.717) is 16.9 Å². The summed E-state index contributed by atoms with van der Waals surface area (Å²) in [5.74, 6) is -0.867. The first kappa shape index (κ1) is 21.0. The van der Waals surface area contributed by atoms with Gasteiger partial charge in [0.05, 0.1) is 4.88 Å². The summed E-state index contributed by atoms with van der Waals surface area (Å²) in [4.78, 5) is 39.5. The molecule has 154 valence electrons. The first-order valence-corrected chi connectivity index (χ1v) is 10.7. The van der Waals surface area contributed by atoms with E-state index in [-0.39, 0.29) is 17.7 Å². The minimum atomic E-state index is -0.740. The van der Waals surface area contributed by atoms with Crippen molar-refractivity contribution in [2.75, 3.05) is 0 Å². The molecule has 0 spiro atoms. The minimum absolute atomic E-state index is 0.193. The van der Waals surface area contributed by atoms with E-state index in [0.717, 1.165) is 24.8 Å². The molecule has 0 bridgehead atoms. The molecule has 3 amide bonds. The van der Waals surface area contributed by atoms with Gasteiger partial charge in [0.2, 0.25) is 0 Å². The highest BCUT2D eigenvalue weighted by molar-refractivity contribution is 7.14. The number of hydrazine groups is 1. The van der Waals surface area contributed by atoms with Gasteiger partial charge in [-0.25, -0.2) is 0 Å². The number of nitrogens with one attached hydrogen (secondary N) is 3. The fourth-order valence-corrected chi connectivity index (χ4v) is 4.62. The summed E-state index contributed by atoms with van der Waals surface area (Å²) in [5, 5.41) is 2.80. The van der Waals surface area contributed by atoms with Gasteiger partial charge in [-0.2, -0.15) is 0 Å². The van der Waals surface area contributed by atoms with Gasteiger partial charge in [-0.1, -0.05) is 32.0 Å². The SMILES string of the molecule is Cc1ccccc1C(=O)NC(CC(C)C)C(=O)NNC(=O)c1cc2c(s1)CCC2. The lowest BCUT2D eigenvalue weighted by Gasteiger charge is -2.20. The van der Waals surface area contributed by atoms with Crippen molar-refractivity contribution >= 4 is 29.1 Å². The highest BCUT2D eigenvalue weighted by Gasteiger charge is 2.24. The van der Waals surface area contributed by atoms with Crippen LogP contribution < -0.4 is 16.2 Å². The van der Waals surface area contributed by atoms with E-state index in [2.05, 4.69) is 16.2 Å². The molecule has 1 atom stereocenters. The Labute approximate surface area is 175 Å². The molecule has 0 saturated heterocycles. The molecule has 29 heavy (non-hydrogen) atoms. The molecule has 0 saturated carbocycles. The predicted octanol–water partition coefficient (Wildman–Crippen LogP) is 3.15. The van der Waals surface area contributed by atoms with E-state index in [4.69, 9.17) is 0 Å². The number of hydrogen-bond donors (Lipinski definition) is 3.